The first-order valence-corrected chi connectivity index (χ1v) is 7.08. The molecule has 0 aromatic heterocycles. The molecule has 1 atom stereocenters. The highest BCUT2D eigenvalue weighted by atomic mass is 19.1. The Hall–Kier alpha value is -1.82. The SMILES string of the molecule is COc1cccc(F)c1[C@H](C)NC(=O)N(CCO)C1CC1. The second-order valence-electron chi connectivity index (χ2n) is 5.18. The second kappa shape index (κ2) is 6.76. The topological polar surface area (TPSA) is 61.8 Å². The molecule has 0 saturated heterocycles. The average molecular weight is 296 g/mol. The van der Waals surface area contributed by atoms with E-state index < -0.39 is 11.9 Å². The molecule has 1 aromatic rings. The third-order valence-electron chi connectivity index (χ3n) is 3.60. The van der Waals surface area contributed by atoms with Gasteiger partial charge in [0, 0.05) is 12.6 Å². The highest BCUT2D eigenvalue weighted by Gasteiger charge is 2.33. The summed E-state index contributed by atoms with van der Waals surface area (Å²) in [6.45, 7) is 1.92. The average Bonchev–Trinajstić information content (AvgIpc) is 3.28. The van der Waals surface area contributed by atoms with Crippen LogP contribution in [0.4, 0.5) is 9.18 Å². The smallest absolute Gasteiger partial charge is 0.318 e. The first-order valence-electron chi connectivity index (χ1n) is 7.08. The minimum absolute atomic E-state index is 0.0820. The van der Waals surface area contributed by atoms with Crippen LogP contribution in [0.25, 0.3) is 0 Å². The molecule has 2 amide bonds. The number of benzene rings is 1. The van der Waals surface area contributed by atoms with Crippen molar-refractivity contribution in [1.29, 1.82) is 0 Å². The van der Waals surface area contributed by atoms with Crippen LogP contribution in [0.5, 0.6) is 5.75 Å². The van der Waals surface area contributed by atoms with Gasteiger partial charge >= 0.3 is 6.03 Å². The lowest BCUT2D eigenvalue weighted by Crippen LogP contribution is -2.43. The van der Waals surface area contributed by atoms with Crippen molar-refractivity contribution in [2.24, 2.45) is 0 Å². The molecular weight excluding hydrogens is 275 g/mol. The van der Waals surface area contributed by atoms with Crippen LogP contribution in [0.15, 0.2) is 18.2 Å². The first-order chi connectivity index (χ1) is 10.1. The van der Waals surface area contributed by atoms with Crippen LogP contribution in [0.2, 0.25) is 0 Å². The number of nitrogens with one attached hydrogen (secondary N) is 1. The molecule has 1 aromatic carbocycles. The van der Waals surface area contributed by atoms with E-state index in [9.17, 15) is 9.18 Å². The van der Waals surface area contributed by atoms with E-state index in [2.05, 4.69) is 5.32 Å². The van der Waals surface area contributed by atoms with Crippen molar-refractivity contribution in [1.82, 2.24) is 10.2 Å². The van der Waals surface area contributed by atoms with E-state index in [4.69, 9.17) is 9.84 Å². The maximum absolute atomic E-state index is 14.0. The van der Waals surface area contributed by atoms with E-state index >= 15 is 0 Å². The minimum Gasteiger partial charge on any atom is -0.496 e. The van der Waals surface area contributed by atoms with E-state index in [0.717, 1.165) is 12.8 Å². The monoisotopic (exact) mass is 296 g/mol. The number of aliphatic hydroxyl groups excluding tert-OH is 1. The number of hydrogen-bond donors (Lipinski definition) is 2. The van der Waals surface area contributed by atoms with Crippen molar-refractivity contribution in [3.05, 3.63) is 29.6 Å². The van der Waals surface area contributed by atoms with E-state index in [0.29, 0.717) is 11.3 Å². The maximum Gasteiger partial charge on any atom is 0.318 e. The molecule has 2 rings (SSSR count). The Morgan fingerprint density at radius 3 is 2.86 bits per heavy atom. The third kappa shape index (κ3) is 3.64. The Balaban J connectivity index is 2.10. The van der Waals surface area contributed by atoms with Crippen LogP contribution in [-0.2, 0) is 0 Å². The molecule has 116 valence electrons. The van der Waals surface area contributed by atoms with E-state index in [1.165, 1.54) is 13.2 Å². The Labute approximate surface area is 123 Å². The fourth-order valence-corrected chi connectivity index (χ4v) is 2.40. The number of aliphatic hydroxyl groups is 1. The predicted octanol–water partition coefficient (Wildman–Crippen LogP) is 2.06. The lowest BCUT2D eigenvalue weighted by atomic mass is 10.1. The Kier molecular flexibility index (Phi) is 5.01. The van der Waals surface area contributed by atoms with Gasteiger partial charge in [-0.3, -0.25) is 0 Å². The van der Waals surface area contributed by atoms with Gasteiger partial charge < -0.3 is 20.1 Å². The van der Waals surface area contributed by atoms with Crippen molar-refractivity contribution in [2.75, 3.05) is 20.3 Å². The number of nitrogens with zero attached hydrogens (tertiary/aromatic N) is 1. The summed E-state index contributed by atoms with van der Waals surface area (Å²) in [4.78, 5) is 13.9. The van der Waals surface area contributed by atoms with Gasteiger partial charge in [0.1, 0.15) is 11.6 Å². The van der Waals surface area contributed by atoms with Crippen LogP contribution >= 0.6 is 0 Å². The van der Waals surface area contributed by atoms with Crippen molar-refractivity contribution < 1.29 is 19.0 Å². The molecular formula is C15H21FN2O3. The number of halogens is 1. The molecule has 0 unspecified atom stereocenters. The summed E-state index contributed by atoms with van der Waals surface area (Å²) >= 11 is 0. The summed E-state index contributed by atoms with van der Waals surface area (Å²) in [5, 5.41) is 11.8. The molecule has 21 heavy (non-hydrogen) atoms. The maximum atomic E-state index is 14.0. The highest BCUT2D eigenvalue weighted by Crippen LogP contribution is 2.29. The van der Waals surface area contributed by atoms with Gasteiger partial charge in [-0.1, -0.05) is 6.07 Å². The summed E-state index contributed by atoms with van der Waals surface area (Å²) in [6.07, 6.45) is 1.90. The molecule has 1 aliphatic rings. The number of hydrogen-bond acceptors (Lipinski definition) is 3. The lowest BCUT2D eigenvalue weighted by molar-refractivity contribution is 0.171. The molecule has 6 heteroatoms. The number of rotatable bonds is 6. The molecule has 0 heterocycles. The number of carbonyl (C=O) groups excluding carboxylic acids is 1. The van der Waals surface area contributed by atoms with Gasteiger partial charge in [-0.15, -0.1) is 0 Å². The predicted molar refractivity (Wildman–Crippen MR) is 76.7 cm³/mol. The van der Waals surface area contributed by atoms with Gasteiger partial charge in [0.05, 0.1) is 25.3 Å². The first kappa shape index (κ1) is 15.6. The number of amides is 2. The fourth-order valence-electron chi connectivity index (χ4n) is 2.40. The number of urea groups is 1. The van der Waals surface area contributed by atoms with Gasteiger partial charge in [0.2, 0.25) is 0 Å². The Morgan fingerprint density at radius 1 is 1.57 bits per heavy atom. The van der Waals surface area contributed by atoms with E-state index in [1.807, 2.05) is 0 Å². The van der Waals surface area contributed by atoms with Crippen LogP contribution in [0, 0.1) is 5.82 Å². The van der Waals surface area contributed by atoms with Crippen molar-refractivity contribution in [2.45, 2.75) is 31.8 Å². The third-order valence-corrected chi connectivity index (χ3v) is 3.60. The van der Waals surface area contributed by atoms with Crippen molar-refractivity contribution in [3.63, 3.8) is 0 Å². The standard InChI is InChI=1S/C15H21FN2O3/c1-10(14-12(16)4-3-5-13(14)21-2)17-15(20)18(8-9-19)11-6-7-11/h3-5,10-11,19H,6-9H2,1-2H3,(H,17,20)/t10-/m0/s1. The van der Waals surface area contributed by atoms with Crippen LogP contribution < -0.4 is 10.1 Å². The molecule has 0 radical (unpaired) electrons. The molecule has 0 aliphatic heterocycles. The summed E-state index contributed by atoms with van der Waals surface area (Å²) in [6, 6.07) is 3.94. The number of ether oxygens (including phenoxy) is 1. The van der Waals surface area contributed by atoms with Gasteiger partial charge in [-0.25, -0.2) is 9.18 Å². The minimum atomic E-state index is -0.520. The molecule has 1 fully saturated rings. The van der Waals surface area contributed by atoms with Crippen LogP contribution in [-0.4, -0.2) is 42.3 Å². The molecule has 1 saturated carbocycles. The lowest BCUT2D eigenvalue weighted by Gasteiger charge is -2.25. The van der Waals surface area contributed by atoms with Gasteiger partial charge in [-0.2, -0.15) is 0 Å². The fraction of sp³-hybridized carbons (Fsp3) is 0.533. The summed E-state index contributed by atoms with van der Waals surface area (Å²) in [7, 11) is 1.47. The molecule has 0 spiro atoms. The summed E-state index contributed by atoms with van der Waals surface area (Å²) < 4.78 is 19.1. The van der Waals surface area contributed by atoms with Gasteiger partial charge in [-0.05, 0) is 31.9 Å². The normalized spacial score (nSPS) is 15.4. The van der Waals surface area contributed by atoms with Crippen molar-refractivity contribution >= 4 is 6.03 Å². The summed E-state index contributed by atoms with van der Waals surface area (Å²) in [5.41, 5.74) is 0.327. The Morgan fingerprint density at radius 2 is 2.29 bits per heavy atom. The highest BCUT2D eigenvalue weighted by molar-refractivity contribution is 5.75. The summed E-state index contributed by atoms with van der Waals surface area (Å²) in [5.74, 6) is -0.00906. The molecule has 0 bridgehead atoms. The van der Waals surface area contributed by atoms with Crippen LogP contribution in [0.1, 0.15) is 31.4 Å². The van der Waals surface area contributed by atoms with E-state index in [1.54, 1.807) is 24.0 Å². The Bertz CT molecular complexity index is 506. The van der Waals surface area contributed by atoms with E-state index in [-0.39, 0.29) is 25.2 Å². The zero-order valence-corrected chi connectivity index (χ0v) is 12.3. The zero-order valence-electron chi connectivity index (χ0n) is 12.3. The number of methoxy groups -OCH3 is 1. The zero-order chi connectivity index (χ0) is 15.4. The quantitative estimate of drug-likeness (QED) is 0.844. The largest absolute Gasteiger partial charge is 0.496 e. The molecule has 5 nitrogen and oxygen atoms in total. The number of carbonyl (C=O) groups is 1. The van der Waals surface area contributed by atoms with Crippen molar-refractivity contribution in [3.8, 4) is 5.75 Å². The molecule has 1 aliphatic carbocycles. The second-order valence-corrected chi connectivity index (χ2v) is 5.18. The van der Waals surface area contributed by atoms with Crippen LogP contribution in [0.3, 0.4) is 0 Å². The van der Waals surface area contributed by atoms with Gasteiger partial charge in [0.25, 0.3) is 0 Å². The molecule has 2 N–H and O–H groups in total. The van der Waals surface area contributed by atoms with Gasteiger partial charge in [0.15, 0.2) is 0 Å².